The minimum Gasteiger partial charge on any atom is -0.480 e. The van der Waals surface area contributed by atoms with Crippen LogP contribution in [0.4, 0.5) is 0 Å². The molecule has 0 aliphatic heterocycles. The Kier molecular flexibility index (Phi) is 3.96. The van der Waals surface area contributed by atoms with Gasteiger partial charge in [0.05, 0.1) is 0 Å². The fourth-order valence-electron chi connectivity index (χ4n) is 1.99. The fraction of sp³-hybridized carbons (Fsp3) is 0.308. The molecule has 0 bridgehead atoms. The summed E-state index contributed by atoms with van der Waals surface area (Å²) in [6.07, 6.45) is 2.25. The third-order valence-corrected chi connectivity index (χ3v) is 2.86. The third-order valence-electron chi connectivity index (χ3n) is 2.86. The highest BCUT2D eigenvalue weighted by atomic mass is 16.4. The summed E-state index contributed by atoms with van der Waals surface area (Å²) in [5.41, 5.74) is 1.64. The summed E-state index contributed by atoms with van der Waals surface area (Å²) >= 11 is 0. The number of carboxylic acids is 1. The Morgan fingerprint density at radius 1 is 1.39 bits per heavy atom. The van der Waals surface area contributed by atoms with Crippen LogP contribution in [0.5, 0.6) is 0 Å². The van der Waals surface area contributed by atoms with Gasteiger partial charge in [0.15, 0.2) is 0 Å². The van der Waals surface area contributed by atoms with Crippen LogP contribution in [0.1, 0.15) is 18.0 Å². The second kappa shape index (κ2) is 5.66. The first-order valence-corrected chi connectivity index (χ1v) is 5.87. The van der Waals surface area contributed by atoms with Gasteiger partial charge in [-0.05, 0) is 19.0 Å². The molecule has 18 heavy (non-hydrogen) atoms. The molecule has 0 radical (unpaired) electrons. The average molecular weight is 248 g/mol. The number of carbonyl (C=O) groups is 1. The zero-order valence-electron chi connectivity index (χ0n) is 9.89. The number of aliphatic hydroxyl groups excluding tert-OH is 1. The smallest absolute Gasteiger partial charge is 0.325 e. The molecule has 0 amide bonds. The van der Waals surface area contributed by atoms with Crippen molar-refractivity contribution in [2.75, 3.05) is 13.2 Å². The molecule has 2 aromatic rings. The van der Waals surface area contributed by atoms with E-state index in [2.05, 4.69) is 10.3 Å². The molecule has 4 N–H and O–H groups in total. The lowest BCUT2D eigenvalue weighted by atomic mass is 10.1. The van der Waals surface area contributed by atoms with E-state index < -0.39 is 12.0 Å². The van der Waals surface area contributed by atoms with Gasteiger partial charge in [0.25, 0.3) is 0 Å². The fourth-order valence-corrected chi connectivity index (χ4v) is 1.99. The molecule has 1 atom stereocenters. The summed E-state index contributed by atoms with van der Waals surface area (Å²) in [6.45, 7) is 0.514. The van der Waals surface area contributed by atoms with Gasteiger partial charge in [-0.3, -0.25) is 4.79 Å². The zero-order chi connectivity index (χ0) is 13.0. The van der Waals surface area contributed by atoms with E-state index in [4.69, 9.17) is 5.11 Å². The van der Waals surface area contributed by atoms with Crippen molar-refractivity contribution in [3.05, 3.63) is 36.0 Å². The Morgan fingerprint density at radius 3 is 2.89 bits per heavy atom. The molecular weight excluding hydrogens is 232 g/mol. The highest BCUT2D eigenvalue weighted by Gasteiger charge is 2.21. The van der Waals surface area contributed by atoms with Gasteiger partial charge >= 0.3 is 5.97 Å². The van der Waals surface area contributed by atoms with E-state index >= 15 is 0 Å². The van der Waals surface area contributed by atoms with E-state index in [0.717, 1.165) is 16.5 Å². The molecule has 0 fully saturated rings. The quantitative estimate of drug-likeness (QED) is 0.580. The van der Waals surface area contributed by atoms with Crippen LogP contribution in [0.25, 0.3) is 10.9 Å². The maximum atomic E-state index is 11.3. The molecule has 0 saturated carbocycles. The maximum Gasteiger partial charge on any atom is 0.325 e. The van der Waals surface area contributed by atoms with Crippen LogP contribution in [0.2, 0.25) is 0 Å². The first-order valence-electron chi connectivity index (χ1n) is 5.87. The van der Waals surface area contributed by atoms with Crippen molar-refractivity contribution < 1.29 is 15.0 Å². The van der Waals surface area contributed by atoms with Crippen molar-refractivity contribution in [2.45, 2.75) is 12.5 Å². The molecule has 0 spiro atoms. The van der Waals surface area contributed by atoms with Gasteiger partial charge in [0.1, 0.15) is 6.04 Å². The second-order valence-electron chi connectivity index (χ2n) is 4.09. The number of aliphatic hydroxyl groups is 1. The molecule has 96 valence electrons. The third kappa shape index (κ3) is 2.52. The van der Waals surface area contributed by atoms with Crippen molar-refractivity contribution in [1.29, 1.82) is 0 Å². The van der Waals surface area contributed by atoms with Crippen molar-refractivity contribution in [1.82, 2.24) is 10.3 Å². The van der Waals surface area contributed by atoms with Crippen LogP contribution in [0.3, 0.4) is 0 Å². The number of benzene rings is 1. The molecule has 1 aromatic heterocycles. The average Bonchev–Trinajstić information content (AvgIpc) is 2.78. The van der Waals surface area contributed by atoms with Crippen LogP contribution < -0.4 is 5.32 Å². The molecule has 2 rings (SSSR count). The largest absolute Gasteiger partial charge is 0.480 e. The molecule has 0 aliphatic rings. The summed E-state index contributed by atoms with van der Waals surface area (Å²) in [5.74, 6) is -0.919. The summed E-state index contributed by atoms with van der Waals surface area (Å²) in [7, 11) is 0. The minimum absolute atomic E-state index is 0.0488. The SMILES string of the molecule is O=C(O)C(NCCCO)c1c[nH]c2ccccc12. The normalized spacial score (nSPS) is 12.7. The van der Waals surface area contributed by atoms with Gasteiger partial charge in [-0.15, -0.1) is 0 Å². The molecular formula is C13H16N2O3. The lowest BCUT2D eigenvalue weighted by molar-refractivity contribution is -0.139. The van der Waals surface area contributed by atoms with Crippen LogP contribution in [0.15, 0.2) is 30.5 Å². The monoisotopic (exact) mass is 248 g/mol. The number of aliphatic carboxylic acids is 1. The Labute approximate surface area is 104 Å². The molecule has 0 aliphatic carbocycles. The van der Waals surface area contributed by atoms with E-state index in [0.29, 0.717) is 13.0 Å². The number of aromatic nitrogens is 1. The number of rotatable bonds is 6. The van der Waals surface area contributed by atoms with Gasteiger partial charge in [0.2, 0.25) is 0 Å². The number of hydrogen-bond acceptors (Lipinski definition) is 3. The molecule has 5 heteroatoms. The predicted octanol–water partition coefficient (Wildman–Crippen LogP) is 1.27. The number of aromatic amines is 1. The predicted molar refractivity (Wildman–Crippen MR) is 68.4 cm³/mol. The molecule has 1 aromatic carbocycles. The van der Waals surface area contributed by atoms with Gasteiger partial charge in [-0.2, -0.15) is 0 Å². The van der Waals surface area contributed by atoms with E-state index in [1.54, 1.807) is 6.20 Å². The highest BCUT2D eigenvalue weighted by Crippen LogP contribution is 2.24. The van der Waals surface area contributed by atoms with Gasteiger partial charge in [-0.1, -0.05) is 18.2 Å². The number of hydrogen-bond donors (Lipinski definition) is 4. The summed E-state index contributed by atoms with van der Waals surface area (Å²) in [4.78, 5) is 14.4. The van der Waals surface area contributed by atoms with Crippen molar-refractivity contribution in [3.63, 3.8) is 0 Å². The van der Waals surface area contributed by atoms with Crippen molar-refractivity contribution >= 4 is 16.9 Å². The van der Waals surface area contributed by atoms with E-state index in [1.807, 2.05) is 24.3 Å². The first-order chi connectivity index (χ1) is 8.74. The standard InChI is InChI=1S/C13H16N2O3/c16-7-3-6-14-12(13(17)18)10-8-15-11-5-2-1-4-9(10)11/h1-2,4-5,8,12,14-16H,3,6-7H2,(H,17,18). The number of H-pyrrole nitrogens is 1. The van der Waals surface area contributed by atoms with Crippen LogP contribution in [-0.2, 0) is 4.79 Å². The summed E-state index contributed by atoms with van der Waals surface area (Å²) in [6, 6.07) is 6.83. The highest BCUT2D eigenvalue weighted by molar-refractivity contribution is 5.89. The lowest BCUT2D eigenvalue weighted by Crippen LogP contribution is -2.29. The van der Waals surface area contributed by atoms with E-state index in [1.165, 1.54) is 0 Å². The molecule has 5 nitrogen and oxygen atoms in total. The lowest BCUT2D eigenvalue weighted by Gasteiger charge is -2.13. The number of para-hydroxylation sites is 1. The van der Waals surface area contributed by atoms with Gasteiger partial charge < -0.3 is 20.5 Å². The zero-order valence-corrected chi connectivity index (χ0v) is 9.89. The minimum atomic E-state index is -0.919. The molecule has 1 unspecified atom stereocenters. The number of carboxylic acid groups (broad SMARTS) is 1. The van der Waals surface area contributed by atoms with Gasteiger partial charge in [-0.25, -0.2) is 0 Å². The second-order valence-corrected chi connectivity index (χ2v) is 4.09. The van der Waals surface area contributed by atoms with Crippen LogP contribution >= 0.6 is 0 Å². The summed E-state index contributed by atoms with van der Waals surface area (Å²) < 4.78 is 0. The van der Waals surface area contributed by atoms with E-state index in [9.17, 15) is 9.90 Å². The Morgan fingerprint density at radius 2 is 2.17 bits per heavy atom. The maximum absolute atomic E-state index is 11.3. The Bertz CT molecular complexity index is 536. The molecule has 0 saturated heterocycles. The topological polar surface area (TPSA) is 85.3 Å². The summed E-state index contributed by atoms with van der Waals surface area (Å²) in [5, 5.41) is 21.8. The van der Waals surface area contributed by atoms with E-state index in [-0.39, 0.29) is 6.61 Å². The number of fused-ring (bicyclic) bond motifs is 1. The number of nitrogens with one attached hydrogen (secondary N) is 2. The van der Waals surface area contributed by atoms with Crippen molar-refractivity contribution in [3.8, 4) is 0 Å². The van der Waals surface area contributed by atoms with Crippen molar-refractivity contribution in [2.24, 2.45) is 0 Å². The molecule has 1 heterocycles. The Balaban J connectivity index is 2.27. The Hall–Kier alpha value is -1.85. The van der Waals surface area contributed by atoms with Gasteiger partial charge in [0, 0.05) is 29.3 Å². The van der Waals surface area contributed by atoms with Crippen LogP contribution in [-0.4, -0.2) is 34.3 Å². The first kappa shape index (κ1) is 12.6. The van der Waals surface area contributed by atoms with Crippen LogP contribution in [0, 0.1) is 0 Å².